The molecule has 0 radical (unpaired) electrons. The lowest BCUT2D eigenvalue weighted by Gasteiger charge is -2.29. The maximum absolute atomic E-state index is 14.7. The second-order valence-corrected chi connectivity index (χ2v) is 8.23. The van der Waals surface area contributed by atoms with Gasteiger partial charge >= 0.3 is 15.6 Å². The summed E-state index contributed by atoms with van der Waals surface area (Å²) in [6.07, 6.45) is -2.93. The number of aliphatic hydroxyl groups excluding tert-OH is 1. The average molecular weight is 436 g/mol. The Hall–Kier alpha value is -1.25. The number of amidine groups is 1. The van der Waals surface area contributed by atoms with Gasteiger partial charge < -0.3 is 29.8 Å². The highest BCUT2D eigenvalue weighted by Gasteiger charge is 2.56. The number of alkyl halides is 1. The zero-order chi connectivity index (χ0) is 21.0. The van der Waals surface area contributed by atoms with Gasteiger partial charge in [-0.3, -0.25) is 19.7 Å². The van der Waals surface area contributed by atoms with Gasteiger partial charge in [-0.15, -0.1) is 0 Å². The standard InChI is InChI=1S/C10H19FN4O10P2/c1-10(11)8(17)6(4-23-27(21,22)25-26(18,19)20)24-9(10)15(13)3-2-7(12)14-5-16/h2-3,5-6,8-9,17H,4,13H2,1H3,(H,21,22)(H2,12,14,16)(H2,18,19,20)/b3-2-/t6-,8?,9-,10?/m1/s1. The fourth-order valence-electron chi connectivity index (χ4n) is 2.05. The first kappa shape index (κ1) is 23.8. The van der Waals surface area contributed by atoms with E-state index >= 15 is 0 Å². The van der Waals surface area contributed by atoms with Crippen molar-refractivity contribution < 1.29 is 51.7 Å². The Morgan fingerprint density at radius 2 is 2.07 bits per heavy atom. The summed E-state index contributed by atoms with van der Waals surface area (Å²) in [5, 5.41) is 19.9. The molecule has 8 N–H and O–H groups in total. The predicted molar refractivity (Wildman–Crippen MR) is 85.2 cm³/mol. The topological polar surface area (TPSA) is 225 Å². The van der Waals surface area contributed by atoms with Crippen LogP contribution in [0.3, 0.4) is 0 Å². The normalized spacial score (nSPS) is 30.9. The minimum atomic E-state index is -5.35. The van der Waals surface area contributed by atoms with Gasteiger partial charge in [0.05, 0.1) is 6.61 Å². The molecule has 0 aromatic rings. The van der Waals surface area contributed by atoms with E-state index in [1.165, 1.54) is 0 Å². The maximum Gasteiger partial charge on any atom is 0.481 e. The summed E-state index contributed by atoms with van der Waals surface area (Å²) in [6, 6.07) is 0. The first-order valence-electron chi connectivity index (χ1n) is 6.96. The average Bonchev–Trinajstić information content (AvgIpc) is 2.72. The number of nitrogens with one attached hydrogen (secondary N) is 2. The first-order valence-corrected chi connectivity index (χ1v) is 9.99. The van der Waals surface area contributed by atoms with Crippen LogP contribution in [0.15, 0.2) is 12.3 Å². The van der Waals surface area contributed by atoms with Crippen molar-refractivity contribution >= 4 is 27.9 Å². The zero-order valence-corrected chi connectivity index (χ0v) is 15.5. The number of hydrogen-bond acceptors (Lipinski definition) is 10. The van der Waals surface area contributed by atoms with E-state index < -0.39 is 46.4 Å². The summed E-state index contributed by atoms with van der Waals surface area (Å²) < 4.78 is 49.7. The fourth-order valence-corrected chi connectivity index (χ4v) is 3.65. The number of rotatable bonds is 9. The second-order valence-electron chi connectivity index (χ2n) is 5.40. The molecule has 0 aromatic heterocycles. The minimum Gasteiger partial charge on any atom is -0.387 e. The molecule has 3 unspecified atom stereocenters. The summed E-state index contributed by atoms with van der Waals surface area (Å²) in [4.78, 5) is 36.4. The molecule has 1 aliphatic heterocycles. The van der Waals surface area contributed by atoms with Gasteiger partial charge in [-0.05, 0) is 13.0 Å². The van der Waals surface area contributed by atoms with E-state index in [-0.39, 0.29) is 12.2 Å². The van der Waals surface area contributed by atoms with Crippen molar-refractivity contribution in [2.24, 2.45) is 5.84 Å². The van der Waals surface area contributed by atoms with Crippen molar-refractivity contribution in [3.63, 3.8) is 0 Å². The van der Waals surface area contributed by atoms with Gasteiger partial charge in [0.15, 0.2) is 11.9 Å². The quantitative estimate of drug-likeness (QED) is 0.0544. The molecule has 1 rings (SSSR count). The third-order valence-corrected chi connectivity index (χ3v) is 5.38. The van der Waals surface area contributed by atoms with Gasteiger partial charge in [0.1, 0.15) is 18.0 Å². The van der Waals surface area contributed by atoms with Crippen LogP contribution in [0.1, 0.15) is 6.92 Å². The van der Waals surface area contributed by atoms with E-state index in [1.807, 2.05) is 5.32 Å². The predicted octanol–water partition coefficient (Wildman–Crippen LogP) is -1.56. The Labute approximate surface area is 152 Å². The maximum atomic E-state index is 14.7. The molecule has 1 aliphatic rings. The van der Waals surface area contributed by atoms with Crippen molar-refractivity contribution in [2.75, 3.05) is 6.61 Å². The van der Waals surface area contributed by atoms with Crippen LogP contribution < -0.4 is 11.2 Å². The number of phosphoric ester groups is 1. The Balaban J connectivity index is 2.79. The molecule has 27 heavy (non-hydrogen) atoms. The molecule has 0 bridgehead atoms. The molecule has 0 aromatic carbocycles. The number of aliphatic hydroxyl groups is 1. The number of hydrazine groups is 1. The number of halogens is 1. The third-order valence-electron chi connectivity index (χ3n) is 3.23. The van der Waals surface area contributed by atoms with Crippen LogP contribution in [0, 0.1) is 5.41 Å². The highest BCUT2D eigenvalue weighted by Crippen LogP contribution is 2.57. The minimum absolute atomic E-state index is 0.225. The van der Waals surface area contributed by atoms with Crippen LogP contribution in [0.5, 0.6) is 0 Å². The second kappa shape index (κ2) is 8.84. The zero-order valence-electron chi connectivity index (χ0n) is 13.7. The highest BCUT2D eigenvalue weighted by atomic mass is 31.3. The van der Waals surface area contributed by atoms with E-state index in [1.54, 1.807) is 0 Å². The molecule has 0 saturated carbocycles. The number of hydrogen-bond donors (Lipinski definition) is 7. The van der Waals surface area contributed by atoms with Gasteiger partial charge in [0.2, 0.25) is 6.41 Å². The molecule has 1 heterocycles. The van der Waals surface area contributed by atoms with E-state index in [0.717, 1.165) is 19.2 Å². The van der Waals surface area contributed by atoms with Gasteiger partial charge in [-0.1, -0.05) is 0 Å². The Kier molecular flexibility index (Phi) is 7.78. The van der Waals surface area contributed by atoms with Gasteiger partial charge in [-0.25, -0.2) is 19.4 Å². The first-order chi connectivity index (χ1) is 12.2. The molecule has 1 saturated heterocycles. The summed E-state index contributed by atoms with van der Waals surface area (Å²) in [6.45, 7) is -0.0548. The summed E-state index contributed by atoms with van der Waals surface area (Å²) in [5.41, 5.74) is -2.52. The number of ether oxygens (including phenoxy) is 1. The molecule has 14 nitrogen and oxygen atoms in total. The van der Waals surface area contributed by atoms with Crippen LogP contribution in [-0.2, 0) is 27.5 Å². The van der Waals surface area contributed by atoms with Crippen LogP contribution in [-0.4, -0.2) is 67.8 Å². The monoisotopic (exact) mass is 436 g/mol. The number of phosphoric acid groups is 2. The van der Waals surface area contributed by atoms with Crippen molar-refractivity contribution in [1.29, 1.82) is 5.41 Å². The number of amides is 1. The van der Waals surface area contributed by atoms with E-state index in [9.17, 15) is 28.3 Å². The van der Waals surface area contributed by atoms with Crippen LogP contribution in [0.2, 0.25) is 0 Å². The Bertz CT molecular complexity index is 685. The molecule has 1 amide bonds. The molecule has 1 fully saturated rings. The molecular weight excluding hydrogens is 417 g/mol. The smallest absolute Gasteiger partial charge is 0.387 e. The Morgan fingerprint density at radius 3 is 2.59 bits per heavy atom. The largest absolute Gasteiger partial charge is 0.481 e. The fraction of sp³-hybridized carbons (Fsp3) is 0.600. The summed E-state index contributed by atoms with van der Waals surface area (Å²) >= 11 is 0. The molecule has 17 heteroatoms. The van der Waals surface area contributed by atoms with Crippen molar-refractivity contribution in [2.45, 2.75) is 31.0 Å². The van der Waals surface area contributed by atoms with Crippen LogP contribution in [0.4, 0.5) is 4.39 Å². The van der Waals surface area contributed by atoms with E-state index in [4.69, 9.17) is 25.8 Å². The third kappa shape index (κ3) is 7.01. The SMILES string of the molecule is CC1(F)C(O)[C@@H](COP(=O)(O)OP(=O)(O)O)O[C@H]1N(N)/C=C\C(=N)NC=O. The molecule has 5 atom stereocenters. The number of carbonyl (C=O) groups excluding carboxylic acids is 1. The Morgan fingerprint density at radius 1 is 1.48 bits per heavy atom. The van der Waals surface area contributed by atoms with Crippen molar-refractivity contribution in [3.8, 4) is 0 Å². The summed E-state index contributed by atoms with van der Waals surface area (Å²) in [5.74, 6) is 5.19. The van der Waals surface area contributed by atoms with Gasteiger partial charge in [-0.2, -0.15) is 4.31 Å². The highest BCUT2D eigenvalue weighted by molar-refractivity contribution is 7.60. The van der Waals surface area contributed by atoms with E-state index in [0.29, 0.717) is 5.01 Å². The molecule has 0 spiro atoms. The van der Waals surface area contributed by atoms with Gasteiger partial charge in [0, 0.05) is 6.20 Å². The number of carbonyl (C=O) groups is 1. The molecule has 0 aliphatic carbocycles. The van der Waals surface area contributed by atoms with Crippen molar-refractivity contribution in [1.82, 2.24) is 10.3 Å². The number of nitrogens with zero attached hydrogens (tertiary/aromatic N) is 1. The molecule has 156 valence electrons. The van der Waals surface area contributed by atoms with Crippen LogP contribution in [0.25, 0.3) is 0 Å². The van der Waals surface area contributed by atoms with Gasteiger partial charge in [0.25, 0.3) is 0 Å². The van der Waals surface area contributed by atoms with E-state index in [2.05, 4.69) is 8.83 Å². The van der Waals surface area contributed by atoms with Crippen molar-refractivity contribution in [3.05, 3.63) is 12.3 Å². The lowest BCUT2D eigenvalue weighted by atomic mass is 9.98. The molecular formula is C10H19FN4O10P2. The lowest BCUT2D eigenvalue weighted by Crippen LogP contribution is -2.51. The number of nitrogens with two attached hydrogens (primary N) is 1. The lowest BCUT2D eigenvalue weighted by molar-refractivity contribution is -0.108. The van der Waals surface area contributed by atoms with Crippen LogP contribution >= 0.6 is 15.6 Å². The summed E-state index contributed by atoms with van der Waals surface area (Å²) in [7, 11) is -10.6.